The van der Waals surface area contributed by atoms with Crippen molar-refractivity contribution in [2.45, 2.75) is 13.0 Å². The van der Waals surface area contributed by atoms with E-state index >= 15 is 0 Å². The molecule has 8 nitrogen and oxygen atoms in total. The van der Waals surface area contributed by atoms with Crippen molar-refractivity contribution in [2.24, 2.45) is 0 Å². The van der Waals surface area contributed by atoms with E-state index in [4.69, 9.17) is 14.0 Å². The minimum atomic E-state index is -0.174. The van der Waals surface area contributed by atoms with Gasteiger partial charge in [-0.1, -0.05) is 17.3 Å². The lowest BCUT2D eigenvalue weighted by atomic mass is 10.0. The number of morpholine rings is 1. The van der Waals surface area contributed by atoms with E-state index in [1.165, 1.54) is 6.20 Å². The number of methoxy groups -OCH3 is 1. The molecule has 1 atom stereocenters. The van der Waals surface area contributed by atoms with Crippen LogP contribution in [0.1, 0.15) is 27.7 Å². The molecule has 1 fully saturated rings. The van der Waals surface area contributed by atoms with Crippen LogP contribution < -0.4 is 10.1 Å². The molecule has 1 saturated heterocycles. The number of hydrogen-bond donors (Lipinski definition) is 1. The van der Waals surface area contributed by atoms with E-state index in [0.717, 1.165) is 29.8 Å². The van der Waals surface area contributed by atoms with Gasteiger partial charge >= 0.3 is 0 Å². The van der Waals surface area contributed by atoms with Gasteiger partial charge in [0.1, 0.15) is 5.75 Å². The topological polar surface area (TPSA) is 89.7 Å². The van der Waals surface area contributed by atoms with Gasteiger partial charge in [-0.2, -0.15) is 0 Å². The third kappa shape index (κ3) is 4.23. The Morgan fingerprint density at radius 2 is 2.03 bits per heavy atom. The zero-order valence-corrected chi connectivity index (χ0v) is 16.6. The number of pyridine rings is 1. The molecule has 4 rings (SSSR count). The van der Waals surface area contributed by atoms with Gasteiger partial charge in [-0.3, -0.25) is 9.69 Å². The second kappa shape index (κ2) is 8.59. The fourth-order valence-corrected chi connectivity index (χ4v) is 3.53. The molecule has 8 heteroatoms. The number of rotatable bonds is 6. The number of benzene rings is 1. The van der Waals surface area contributed by atoms with Gasteiger partial charge in [0.05, 0.1) is 43.0 Å². The van der Waals surface area contributed by atoms with Crippen LogP contribution in [0.5, 0.6) is 5.75 Å². The van der Waals surface area contributed by atoms with Gasteiger partial charge in [0.2, 0.25) is 0 Å². The van der Waals surface area contributed by atoms with Crippen molar-refractivity contribution in [3.05, 3.63) is 53.3 Å². The maximum Gasteiger partial charge on any atom is 0.257 e. The maximum absolute atomic E-state index is 12.8. The van der Waals surface area contributed by atoms with Crippen LogP contribution in [0.15, 0.2) is 41.1 Å². The molecule has 0 radical (unpaired) electrons. The summed E-state index contributed by atoms with van der Waals surface area (Å²) in [5, 5.41) is 7.69. The predicted octanol–water partition coefficient (Wildman–Crippen LogP) is 2.34. The fourth-order valence-electron chi connectivity index (χ4n) is 3.53. The lowest BCUT2D eigenvalue weighted by Crippen LogP contribution is -2.43. The minimum Gasteiger partial charge on any atom is -0.497 e. The quantitative estimate of drug-likeness (QED) is 0.684. The zero-order valence-electron chi connectivity index (χ0n) is 16.6. The van der Waals surface area contributed by atoms with Gasteiger partial charge in [0.15, 0.2) is 0 Å². The molecule has 29 heavy (non-hydrogen) atoms. The fraction of sp³-hybridized carbons (Fsp3) is 0.381. The van der Waals surface area contributed by atoms with E-state index in [1.54, 1.807) is 13.2 Å². The summed E-state index contributed by atoms with van der Waals surface area (Å²) in [4.78, 5) is 19.3. The Labute approximate surface area is 168 Å². The SMILES string of the molecule is COc1ccc([C@@H](CNC(=O)c2cnc3onc(C)c3c2)N2CCOCC2)cc1. The molecule has 0 bridgehead atoms. The number of hydrogen-bond acceptors (Lipinski definition) is 7. The third-order valence-corrected chi connectivity index (χ3v) is 5.22. The summed E-state index contributed by atoms with van der Waals surface area (Å²) in [5.41, 5.74) is 2.76. The lowest BCUT2D eigenvalue weighted by Gasteiger charge is -2.35. The van der Waals surface area contributed by atoms with E-state index in [0.29, 0.717) is 36.7 Å². The number of fused-ring (bicyclic) bond motifs is 1. The van der Waals surface area contributed by atoms with Crippen molar-refractivity contribution in [1.82, 2.24) is 20.4 Å². The molecule has 3 heterocycles. The van der Waals surface area contributed by atoms with Crippen molar-refractivity contribution in [3.8, 4) is 5.75 Å². The summed E-state index contributed by atoms with van der Waals surface area (Å²) in [6, 6.07) is 9.77. The number of ether oxygens (including phenoxy) is 2. The molecule has 0 unspecified atom stereocenters. The molecule has 1 aliphatic heterocycles. The van der Waals surface area contributed by atoms with Crippen LogP contribution in [0.2, 0.25) is 0 Å². The average molecular weight is 396 g/mol. The first-order valence-electron chi connectivity index (χ1n) is 9.61. The Kier molecular flexibility index (Phi) is 5.73. The van der Waals surface area contributed by atoms with Gasteiger partial charge in [-0.05, 0) is 30.7 Å². The number of aromatic nitrogens is 2. The Morgan fingerprint density at radius 3 is 2.76 bits per heavy atom. The maximum atomic E-state index is 12.8. The number of nitrogens with zero attached hydrogens (tertiary/aromatic N) is 3. The largest absolute Gasteiger partial charge is 0.497 e. The van der Waals surface area contributed by atoms with E-state index in [1.807, 2.05) is 31.2 Å². The van der Waals surface area contributed by atoms with Crippen molar-refractivity contribution < 1.29 is 18.8 Å². The predicted molar refractivity (Wildman–Crippen MR) is 107 cm³/mol. The van der Waals surface area contributed by atoms with Crippen LogP contribution in [0.3, 0.4) is 0 Å². The molecular formula is C21H24N4O4. The van der Waals surface area contributed by atoms with Gasteiger partial charge in [0, 0.05) is 25.8 Å². The van der Waals surface area contributed by atoms with Crippen molar-refractivity contribution in [2.75, 3.05) is 40.0 Å². The highest BCUT2D eigenvalue weighted by Crippen LogP contribution is 2.24. The summed E-state index contributed by atoms with van der Waals surface area (Å²) in [5.74, 6) is 0.633. The van der Waals surface area contributed by atoms with Crippen molar-refractivity contribution in [3.63, 3.8) is 0 Å². The van der Waals surface area contributed by atoms with E-state index in [9.17, 15) is 4.79 Å². The van der Waals surface area contributed by atoms with Crippen LogP contribution in [0.25, 0.3) is 11.1 Å². The van der Waals surface area contributed by atoms with Crippen LogP contribution in [0.4, 0.5) is 0 Å². The summed E-state index contributed by atoms with van der Waals surface area (Å²) in [7, 11) is 1.65. The van der Waals surface area contributed by atoms with Crippen LogP contribution in [-0.2, 0) is 4.74 Å². The van der Waals surface area contributed by atoms with Gasteiger partial charge in [-0.15, -0.1) is 0 Å². The highest BCUT2D eigenvalue weighted by atomic mass is 16.5. The van der Waals surface area contributed by atoms with E-state index in [2.05, 4.69) is 20.4 Å². The molecule has 0 spiro atoms. The first-order chi connectivity index (χ1) is 14.2. The molecule has 1 aromatic carbocycles. The number of nitrogens with one attached hydrogen (secondary N) is 1. The first kappa shape index (κ1) is 19.4. The monoisotopic (exact) mass is 396 g/mol. The normalized spacial score (nSPS) is 15.9. The molecular weight excluding hydrogens is 372 g/mol. The van der Waals surface area contributed by atoms with E-state index in [-0.39, 0.29) is 11.9 Å². The first-order valence-corrected chi connectivity index (χ1v) is 9.61. The second-order valence-electron chi connectivity index (χ2n) is 6.99. The number of aryl methyl sites for hydroxylation is 1. The number of carbonyl (C=O) groups is 1. The van der Waals surface area contributed by atoms with Crippen molar-refractivity contribution in [1.29, 1.82) is 0 Å². The summed E-state index contributed by atoms with van der Waals surface area (Å²) < 4.78 is 15.9. The Morgan fingerprint density at radius 1 is 1.28 bits per heavy atom. The minimum absolute atomic E-state index is 0.0442. The highest BCUT2D eigenvalue weighted by molar-refractivity contribution is 5.96. The zero-order chi connectivity index (χ0) is 20.2. The van der Waals surface area contributed by atoms with Crippen LogP contribution >= 0.6 is 0 Å². The summed E-state index contributed by atoms with van der Waals surface area (Å²) in [6.45, 7) is 5.32. The molecule has 3 aromatic rings. The molecule has 2 aromatic heterocycles. The molecule has 1 aliphatic rings. The van der Waals surface area contributed by atoms with Crippen molar-refractivity contribution >= 4 is 17.0 Å². The summed E-state index contributed by atoms with van der Waals surface area (Å²) >= 11 is 0. The second-order valence-corrected chi connectivity index (χ2v) is 6.99. The molecule has 152 valence electrons. The Bertz CT molecular complexity index is 980. The van der Waals surface area contributed by atoms with Crippen LogP contribution in [-0.4, -0.2) is 60.9 Å². The third-order valence-electron chi connectivity index (χ3n) is 5.22. The van der Waals surface area contributed by atoms with Gasteiger partial charge < -0.3 is 19.3 Å². The van der Waals surface area contributed by atoms with Gasteiger partial charge in [-0.25, -0.2) is 4.98 Å². The van der Waals surface area contributed by atoms with Gasteiger partial charge in [0.25, 0.3) is 11.6 Å². The highest BCUT2D eigenvalue weighted by Gasteiger charge is 2.24. The number of carbonyl (C=O) groups excluding carboxylic acids is 1. The molecule has 0 aliphatic carbocycles. The van der Waals surface area contributed by atoms with E-state index < -0.39 is 0 Å². The Hall–Kier alpha value is -2.97. The Balaban J connectivity index is 1.51. The average Bonchev–Trinajstić information content (AvgIpc) is 3.15. The van der Waals surface area contributed by atoms with Crippen LogP contribution in [0, 0.1) is 6.92 Å². The smallest absolute Gasteiger partial charge is 0.257 e. The molecule has 1 amide bonds. The molecule has 0 saturated carbocycles. The standard InChI is InChI=1S/C21H24N4O4/c1-14-18-11-16(12-23-21(18)29-24-14)20(26)22-13-19(25-7-9-28-10-8-25)15-3-5-17(27-2)6-4-15/h3-6,11-12,19H,7-10,13H2,1-2H3,(H,22,26)/t19-/m1/s1. The lowest BCUT2D eigenvalue weighted by molar-refractivity contribution is 0.0162. The number of amides is 1. The summed E-state index contributed by atoms with van der Waals surface area (Å²) in [6.07, 6.45) is 1.51. The molecule has 1 N–H and O–H groups in total.